The summed E-state index contributed by atoms with van der Waals surface area (Å²) in [7, 11) is 0. The van der Waals surface area contributed by atoms with E-state index in [0.29, 0.717) is 0 Å². The Morgan fingerprint density at radius 2 is 1.53 bits per heavy atom. The van der Waals surface area contributed by atoms with Gasteiger partial charge in [0, 0.05) is 12.1 Å². The minimum absolute atomic E-state index is 0.807. The van der Waals surface area contributed by atoms with Crippen LogP contribution in [0.1, 0.15) is 71.6 Å². The highest BCUT2D eigenvalue weighted by Gasteiger charge is 2.24. The lowest BCUT2D eigenvalue weighted by Crippen LogP contribution is -2.47. The first-order valence-corrected chi connectivity index (χ1v) is 8.80. The van der Waals surface area contributed by atoms with E-state index in [1.807, 2.05) is 0 Å². The van der Waals surface area contributed by atoms with Gasteiger partial charge in [0.25, 0.3) is 0 Å². The van der Waals surface area contributed by atoms with Gasteiger partial charge in [-0.15, -0.1) is 0 Å². The molecular weight excluding hydrogens is 232 g/mol. The van der Waals surface area contributed by atoms with E-state index < -0.39 is 0 Å². The van der Waals surface area contributed by atoms with Crippen LogP contribution in [0, 0.1) is 5.92 Å². The topological polar surface area (TPSA) is 15.3 Å². The van der Waals surface area contributed by atoms with Crippen LogP contribution in [0.5, 0.6) is 0 Å². The van der Waals surface area contributed by atoms with Crippen molar-refractivity contribution in [3.63, 3.8) is 0 Å². The number of hydrogen-bond donors (Lipinski definition) is 1. The molecule has 0 amide bonds. The largest absolute Gasteiger partial charge is 0.311 e. The highest BCUT2D eigenvalue weighted by Crippen LogP contribution is 2.27. The molecule has 2 fully saturated rings. The SMILES string of the molecule is CCCCN1CCC(NC2CCC(CC)CC2)CC1. The zero-order valence-electron chi connectivity index (χ0n) is 13.2. The maximum Gasteiger partial charge on any atom is 0.00940 e. The molecule has 1 aliphatic carbocycles. The first-order chi connectivity index (χ1) is 9.31. The lowest BCUT2D eigenvalue weighted by atomic mass is 9.84. The van der Waals surface area contributed by atoms with Crippen molar-refractivity contribution in [1.82, 2.24) is 10.2 Å². The molecule has 1 saturated heterocycles. The van der Waals surface area contributed by atoms with E-state index in [1.165, 1.54) is 77.4 Å². The van der Waals surface area contributed by atoms with E-state index in [4.69, 9.17) is 0 Å². The third kappa shape index (κ3) is 5.07. The summed E-state index contributed by atoms with van der Waals surface area (Å²) >= 11 is 0. The Labute approximate surface area is 120 Å². The van der Waals surface area contributed by atoms with E-state index in [-0.39, 0.29) is 0 Å². The lowest BCUT2D eigenvalue weighted by molar-refractivity contribution is 0.176. The molecule has 0 bridgehead atoms. The van der Waals surface area contributed by atoms with Crippen LogP contribution in [0.25, 0.3) is 0 Å². The van der Waals surface area contributed by atoms with Crippen LogP contribution >= 0.6 is 0 Å². The van der Waals surface area contributed by atoms with E-state index in [9.17, 15) is 0 Å². The van der Waals surface area contributed by atoms with Gasteiger partial charge in [-0.3, -0.25) is 0 Å². The maximum atomic E-state index is 3.95. The predicted octanol–water partition coefficient (Wildman–Crippen LogP) is 3.81. The van der Waals surface area contributed by atoms with Crippen molar-refractivity contribution in [2.75, 3.05) is 19.6 Å². The van der Waals surface area contributed by atoms with Crippen LogP contribution in [0.15, 0.2) is 0 Å². The highest BCUT2D eigenvalue weighted by atomic mass is 15.1. The van der Waals surface area contributed by atoms with Crippen molar-refractivity contribution in [1.29, 1.82) is 0 Å². The zero-order chi connectivity index (χ0) is 13.5. The van der Waals surface area contributed by atoms with Crippen molar-refractivity contribution >= 4 is 0 Å². The molecule has 1 N–H and O–H groups in total. The van der Waals surface area contributed by atoms with Crippen molar-refractivity contribution in [2.24, 2.45) is 5.92 Å². The van der Waals surface area contributed by atoms with E-state index in [2.05, 4.69) is 24.1 Å². The highest BCUT2D eigenvalue weighted by molar-refractivity contribution is 4.83. The molecule has 0 spiro atoms. The number of rotatable bonds is 6. The molecular formula is C17H34N2. The molecule has 0 radical (unpaired) electrons. The van der Waals surface area contributed by atoms with Gasteiger partial charge in [0.2, 0.25) is 0 Å². The molecule has 2 nitrogen and oxygen atoms in total. The fourth-order valence-electron chi connectivity index (χ4n) is 3.78. The summed E-state index contributed by atoms with van der Waals surface area (Å²) in [4.78, 5) is 2.66. The van der Waals surface area contributed by atoms with Crippen molar-refractivity contribution in [3.8, 4) is 0 Å². The number of unbranched alkanes of at least 4 members (excludes halogenated alkanes) is 1. The predicted molar refractivity (Wildman–Crippen MR) is 83.5 cm³/mol. The van der Waals surface area contributed by atoms with Crippen molar-refractivity contribution in [2.45, 2.75) is 83.7 Å². The quantitative estimate of drug-likeness (QED) is 0.786. The smallest absolute Gasteiger partial charge is 0.00940 e. The molecule has 112 valence electrons. The third-order valence-electron chi connectivity index (χ3n) is 5.31. The van der Waals surface area contributed by atoms with Gasteiger partial charge in [0.05, 0.1) is 0 Å². The lowest BCUT2D eigenvalue weighted by Gasteiger charge is -2.36. The summed E-state index contributed by atoms with van der Waals surface area (Å²) in [5.74, 6) is 1.02. The van der Waals surface area contributed by atoms with Gasteiger partial charge < -0.3 is 10.2 Å². The molecule has 1 saturated carbocycles. The molecule has 1 aliphatic heterocycles. The average molecular weight is 266 g/mol. The average Bonchev–Trinajstić information content (AvgIpc) is 2.47. The monoisotopic (exact) mass is 266 g/mol. The van der Waals surface area contributed by atoms with Gasteiger partial charge in [-0.2, -0.15) is 0 Å². The van der Waals surface area contributed by atoms with Gasteiger partial charge in [-0.05, 0) is 70.5 Å². The van der Waals surface area contributed by atoms with Crippen LogP contribution in [-0.2, 0) is 0 Å². The van der Waals surface area contributed by atoms with Crippen LogP contribution < -0.4 is 5.32 Å². The minimum Gasteiger partial charge on any atom is -0.311 e. The van der Waals surface area contributed by atoms with E-state index >= 15 is 0 Å². The summed E-state index contributed by atoms with van der Waals surface area (Å²) in [6.45, 7) is 8.61. The fourth-order valence-corrected chi connectivity index (χ4v) is 3.78. The second kappa shape index (κ2) is 8.26. The Morgan fingerprint density at radius 3 is 2.11 bits per heavy atom. The number of nitrogens with one attached hydrogen (secondary N) is 1. The molecule has 2 aliphatic rings. The molecule has 2 rings (SSSR count). The summed E-state index contributed by atoms with van der Waals surface area (Å²) in [6.07, 6.45) is 12.6. The van der Waals surface area contributed by atoms with Crippen molar-refractivity contribution in [3.05, 3.63) is 0 Å². The second-order valence-electron chi connectivity index (χ2n) is 6.76. The maximum absolute atomic E-state index is 3.95. The number of nitrogens with zero attached hydrogens (tertiary/aromatic N) is 1. The number of hydrogen-bond acceptors (Lipinski definition) is 2. The van der Waals surface area contributed by atoms with Gasteiger partial charge in [-0.25, -0.2) is 0 Å². The summed E-state index contributed by atoms with van der Waals surface area (Å²) < 4.78 is 0. The first-order valence-electron chi connectivity index (χ1n) is 8.80. The Hall–Kier alpha value is -0.0800. The first kappa shape index (κ1) is 15.3. The fraction of sp³-hybridized carbons (Fsp3) is 1.00. The van der Waals surface area contributed by atoms with Gasteiger partial charge in [0.15, 0.2) is 0 Å². The van der Waals surface area contributed by atoms with Crippen LogP contribution in [0.2, 0.25) is 0 Å². The van der Waals surface area contributed by atoms with E-state index in [1.54, 1.807) is 0 Å². The standard InChI is InChI=1S/C17H34N2/c1-3-5-12-19-13-10-17(11-14-19)18-16-8-6-15(4-2)7-9-16/h15-18H,3-14H2,1-2H3. The van der Waals surface area contributed by atoms with Crippen LogP contribution in [0.4, 0.5) is 0 Å². The molecule has 0 aromatic carbocycles. The summed E-state index contributed by atoms with van der Waals surface area (Å²) in [5, 5.41) is 3.95. The molecule has 0 unspecified atom stereocenters. The van der Waals surface area contributed by atoms with E-state index in [0.717, 1.165) is 18.0 Å². The molecule has 2 heteroatoms. The van der Waals surface area contributed by atoms with Crippen LogP contribution in [-0.4, -0.2) is 36.6 Å². The Kier molecular flexibility index (Phi) is 6.66. The second-order valence-corrected chi connectivity index (χ2v) is 6.76. The van der Waals surface area contributed by atoms with Gasteiger partial charge in [-0.1, -0.05) is 26.7 Å². The summed E-state index contributed by atoms with van der Waals surface area (Å²) in [5.41, 5.74) is 0. The van der Waals surface area contributed by atoms with Gasteiger partial charge >= 0.3 is 0 Å². The molecule has 0 aromatic heterocycles. The Balaban J connectivity index is 1.60. The number of piperidine rings is 1. The normalized spacial score (nSPS) is 30.6. The molecule has 1 heterocycles. The van der Waals surface area contributed by atoms with Crippen LogP contribution in [0.3, 0.4) is 0 Å². The Bertz CT molecular complexity index is 225. The van der Waals surface area contributed by atoms with Gasteiger partial charge in [0.1, 0.15) is 0 Å². The van der Waals surface area contributed by atoms with Crippen molar-refractivity contribution < 1.29 is 0 Å². The zero-order valence-corrected chi connectivity index (χ0v) is 13.2. The summed E-state index contributed by atoms with van der Waals surface area (Å²) in [6, 6.07) is 1.64. The molecule has 0 atom stereocenters. The number of likely N-dealkylation sites (tertiary alicyclic amines) is 1. The molecule has 0 aromatic rings. The minimum atomic E-state index is 0.807. The third-order valence-corrected chi connectivity index (χ3v) is 5.31. The molecule has 19 heavy (non-hydrogen) atoms. The Morgan fingerprint density at radius 1 is 0.895 bits per heavy atom.